The zero-order valence-electron chi connectivity index (χ0n) is 11.4. The number of hydrogen-bond acceptors (Lipinski definition) is 4. The normalized spacial score (nSPS) is 9.58. The third kappa shape index (κ3) is 5.30. The van der Waals surface area contributed by atoms with Crippen LogP contribution in [0.1, 0.15) is 12.0 Å². The molecule has 1 aromatic carbocycles. The van der Waals surface area contributed by atoms with Crippen LogP contribution in [-0.2, 0) is 0 Å². The van der Waals surface area contributed by atoms with Crippen molar-refractivity contribution in [3.05, 3.63) is 60.4 Å². The minimum absolute atomic E-state index is 0.646. The maximum atomic E-state index is 3.98. The van der Waals surface area contributed by atoms with Crippen LogP contribution in [0.4, 0.5) is 0 Å². The average molecular weight is 323 g/mol. The standard InChI is InChI=1S/C14H20N4Se/c1-11(16-15-3)10-12(2)17-18(4)14(19)13-8-6-5-7-9-13/h5-9,15-17H,1-2,10H2,3-4H3. The van der Waals surface area contributed by atoms with Crippen LogP contribution in [0.2, 0.25) is 0 Å². The summed E-state index contributed by atoms with van der Waals surface area (Å²) in [5.41, 5.74) is 11.8. The maximum absolute atomic E-state index is 3.98. The van der Waals surface area contributed by atoms with Crippen molar-refractivity contribution in [1.82, 2.24) is 21.3 Å². The Labute approximate surface area is 122 Å². The second kappa shape index (κ2) is 7.79. The van der Waals surface area contributed by atoms with Crippen molar-refractivity contribution in [3.8, 4) is 0 Å². The van der Waals surface area contributed by atoms with Crippen LogP contribution < -0.4 is 16.3 Å². The van der Waals surface area contributed by atoms with Gasteiger partial charge in [0.2, 0.25) is 0 Å². The molecule has 1 rings (SSSR count). The van der Waals surface area contributed by atoms with E-state index in [1.54, 1.807) is 7.05 Å². The molecule has 0 aromatic heterocycles. The van der Waals surface area contributed by atoms with E-state index in [0.717, 1.165) is 21.5 Å². The van der Waals surface area contributed by atoms with E-state index in [-0.39, 0.29) is 0 Å². The average Bonchev–Trinajstić information content (AvgIpc) is 2.38. The van der Waals surface area contributed by atoms with Gasteiger partial charge in [-0.3, -0.25) is 0 Å². The quantitative estimate of drug-likeness (QED) is 0.491. The number of rotatable bonds is 8. The molecule has 102 valence electrons. The molecule has 0 aliphatic heterocycles. The van der Waals surface area contributed by atoms with Crippen molar-refractivity contribution in [3.63, 3.8) is 0 Å². The zero-order chi connectivity index (χ0) is 14.3. The molecule has 0 aliphatic carbocycles. The fraction of sp³-hybridized carbons (Fsp3) is 0.214. The van der Waals surface area contributed by atoms with Gasteiger partial charge in [0.15, 0.2) is 0 Å². The molecular formula is C14H20N4Se. The third-order valence-corrected chi connectivity index (χ3v) is 3.45. The molecule has 0 saturated heterocycles. The summed E-state index contributed by atoms with van der Waals surface area (Å²) in [5.74, 6) is 0. The Hall–Kier alpha value is -1.55. The van der Waals surface area contributed by atoms with Crippen molar-refractivity contribution in [2.24, 2.45) is 0 Å². The van der Waals surface area contributed by atoms with Crippen molar-refractivity contribution in [2.45, 2.75) is 6.42 Å². The van der Waals surface area contributed by atoms with Gasteiger partial charge in [-0.2, -0.15) is 0 Å². The van der Waals surface area contributed by atoms with Crippen LogP contribution in [0, 0.1) is 0 Å². The molecule has 0 fully saturated rings. The van der Waals surface area contributed by atoms with E-state index in [4.69, 9.17) is 0 Å². The first-order valence-corrected chi connectivity index (χ1v) is 6.78. The molecule has 5 heteroatoms. The Morgan fingerprint density at radius 3 is 2.42 bits per heavy atom. The molecule has 1 aromatic rings. The summed E-state index contributed by atoms with van der Waals surface area (Å²) in [6.07, 6.45) is 0.646. The van der Waals surface area contributed by atoms with Gasteiger partial charge in [0.1, 0.15) is 0 Å². The van der Waals surface area contributed by atoms with Crippen molar-refractivity contribution in [1.29, 1.82) is 0 Å². The summed E-state index contributed by atoms with van der Waals surface area (Å²) < 4.78 is 1.01. The minimum atomic E-state index is 0.646. The molecule has 4 nitrogen and oxygen atoms in total. The van der Waals surface area contributed by atoms with Gasteiger partial charge in [-0.05, 0) is 0 Å². The predicted octanol–water partition coefficient (Wildman–Crippen LogP) is 0.911. The van der Waals surface area contributed by atoms with Gasteiger partial charge in [-0.25, -0.2) is 0 Å². The van der Waals surface area contributed by atoms with E-state index >= 15 is 0 Å². The van der Waals surface area contributed by atoms with Crippen molar-refractivity contribution in [2.75, 3.05) is 14.1 Å². The molecule has 0 amide bonds. The Morgan fingerprint density at radius 1 is 1.21 bits per heavy atom. The van der Waals surface area contributed by atoms with Gasteiger partial charge in [0.05, 0.1) is 0 Å². The van der Waals surface area contributed by atoms with Gasteiger partial charge in [0, 0.05) is 0 Å². The molecule has 0 bridgehead atoms. The Balaban J connectivity index is 2.51. The van der Waals surface area contributed by atoms with Gasteiger partial charge in [-0.1, -0.05) is 0 Å². The Kier molecular flexibility index (Phi) is 6.36. The summed E-state index contributed by atoms with van der Waals surface area (Å²) in [7, 11) is 3.74. The summed E-state index contributed by atoms with van der Waals surface area (Å²) in [6.45, 7) is 7.87. The summed E-state index contributed by atoms with van der Waals surface area (Å²) in [5, 5.41) is 1.91. The van der Waals surface area contributed by atoms with E-state index in [2.05, 4.69) is 45.0 Å². The van der Waals surface area contributed by atoms with Crippen molar-refractivity contribution < 1.29 is 0 Å². The van der Waals surface area contributed by atoms with E-state index < -0.39 is 0 Å². The van der Waals surface area contributed by atoms with E-state index in [9.17, 15) is 0 Å². The second-order valence-corrected chi connectivity index (χ2v) is 4.91. The van der Waals surface area contributed by atoms with Gasteiger partial charge >= 0.3 is 122 Å². The number of benzene rings is 1. The Morgan fingerprint density at radius 2 is 1.84 bits per heavy atom. The van der Waals surface area contributed by atoms with Gasteiger partial charge < -0.3 is 0 Å². The molecular weight excluding hydrogens is 303 g/mol. The van der Waals surface area contributed by atoms with E-state index in [1.165, 1.54) is 0 Å². The first-order chi connectivity index (χ1) is 9.04. The molecule has 0 aliphatic rings. The fourth-order valence-corrected chi connectivity index (χ4v) is 1.96. The SMILES string of the molecule is C=C(CC(=C)NN(C)C(=[Se])c1ccccc1)NNC. The van der Waals surface area contributed by atoms with Crippen molar-refractivity contribution >= 4 is 20.1 Å². The number of nitrogens with zero attached hydrogens (tertiary/aromatic N) is 1. The molecule has 0 heterocycles. The molecule has 0 saturated carbocycles. The van der Waals surface area contributed by atoms with Crippen LogP contribution >= 0.6 is 0 Å². The molecule has 0 atom stereocenters. The monoisotopic (exact) mass is 324 g/mol. The van der Waals surface area contributed by atoms with Crippen LogP contribution in [0.25, 0.3) is 0 Å². The predicted molar refractivity (Wildman–Crippen MR) is 82.3 cm³/mol. The third-order valence-electron chi connectivity index (χ3n) is 2.38. The first-order valence-electron chi connectivity index (χ1n) is 5.92. The molecule has 0 unspecified atom stereocenters. The number of nitrogens with one attached hydrogen (secondary N) is 3. The topological polar surface area (TPSA) is 39.3 Å². The van der Waals surface area contributed by atoms with Crippen LogP contribution in [0.3, 0.4) is 0 Å². The molecule has 3 N–H and O–H groups in total. The van der Waals surface area contributed by atoms with Gasteiger partial charge in [0.25, 0.3) is 0 Å². The van der Waals surface area contributed by atoms with Crippen LogP contribution in [-0.4, -0.2) is 39.2 Å². The first kappa shape index (κ1) is 15.5. The van der Waals surface area contributed by atoms with E-state index in [1.807, 2.05) is 42.4 Å². The summed E-state index contributed by atoms with van der Waals surface area (Å²) in [4.78, 5) is 0. The van der Waals surface area contributed by atoms with Crippen LogP contribution in [0.15, 0.2) is 54.9 Å². The fourth-order valence-electron chi connectivity index (χ4n) is 1.58. The Bertz CT molecular complexity index is 456. The summed E-state index contributed by atoms with van der Waals surface area (Å²) >= 11 is 3.07. The zero-order valence-corrected chi connectivity index (χ0v) is 13.1. The number of hydrogen-bond donors (Lipinski definition) is 3. The summed E-state index contributed by atoms with van der Waals surface area (Å²) in [6, 6.07) is 10.1. The van der Waals surface area contributed by atoms with Gasteiger partial charge in [-0.15, -0.1) is 0 Å². The van der Waals surface area contributed by atoms with Crippen LogP contribution in [0.5, 0.6) is 0 Å². The number of hydrazine groups is 2. The van der Waals surface area contributed by atoms with E-state index in [0.29, 0.717) is 6.42 Å². The molecule has 19 heavy (non-hydrogen) atoms. The second-order valence-electron chi connectivity index (χ2n) is 4.10. The molecule has 0 spiro atoms. The molecule has 0 radical (unpaired) electrons.